The van der Waals surface area contributed by atoms with Crippen LogP contribution < -0.4 is 10.6 Å². The fourth-order valence-corrected chi connectivity index (χ4v) is 1.95. The molecule has 0 aliphatic heterocycles. The lowest BCUT2D eigenvalue weighted by atomic mass is 10.3. The second-order valence-corrected chi connectivity index (χ2v) is 5.16. The average Bonchev–Trinajstić information content (AvgIpc) is 2.45. The summed E-state index contributed by atoms with van der Waals surface area (Å²) in [5.74, 6) is 1.69. The summed E-state index contributed by atoms with van der Waals surface area (Å²) in [7, 11) is 0. The van der Waals surface area contributed by atoms with Crippen LogP contribution in [0.5, 0.6) is 0 Å². The van der Waals surface area contributed by atoms with Crippen molar-refractivity contribution < 1.29 is 4.79 Å². The van der Waals surface area contributed by atoms with Crippen LogP contribution in [0.25, 0.3) is 0 Å². The molecule has 0 fully saturated rings. The molecule has 1 heterocycles. The highest BCUT2D eigenvalue weighted by molar-refractivity contribution is 7.98. The molecule has 0 aliphatic rings. The third kappa shape index (κ3) is 6.42. The van der Waals surface area contributed by atoms with E-state index in [1.807, 2.05) is 11.8 Å². The number of anilines is 1. The number of carbonyl (C=O) groups excluding carboxylic acids is 1. The van der Waals surface area contributed by atoms with Gasteiger partial charge in [0.2, 0.25) is 0 Å². The smallest absolute Gasteiger partial charge is 0.271 e. The molecule has 0 aliphatic carbocycles. The van der Waals surface area contributed by atoms with Crippen LogP contribution in [0, 0.1) is 0 Å². The van der Waals surface area contributed by atoms with Crippen molar-refractivity contribution in [3.63, 3.8) is 0 Å². The first-order valence-electron chi connectivity index (χ1n) is 6.61. The van der Waals surface area contributed by atoms with E-state index in [2.05, 4.69) is 33.8 Å². The van der Waals surface area contributed by atoms with Crippen molar-refractivity contribution >= 4 is 23.5 Å². The minimum absolute atomic E-state index is 0.154. The number of rotatable bonds is 9. The van der Waals surface area contributed by atoms with Crippen molar-refractivity contribution in [1.82, 2.24) is 15.3 Å². The summed E-state index contributed by atoms with van der Waals surface area (Å²) in [6, 6.07) is 0. The molecule has 0 saturated carbocycles. The molecule has 19 heavy (non-hydrogen) atoms. The fraction of sp³-hybridized carbons (Fsp3) is 0.615. The van der Waals surface area contributed by atoms with E-state index in [0.29, 0.717) is 18.1 Å². The maximum Gasteiger partial charge on any atom is 0.271 e. The van der Waals surface area contributed by atoms with Crippen molar-refractivity contribution in [2.75, 3.05) is 30.4 Å². The quantitative estimate of drug-likeness (QED) is 0.680. The monoisotopic (exact) mass is 282 g/mol. The van der Waals surface area contributed by atoms with E-state index in [9.17, 15) is 4.79 Å². The molecule has 0 spiro atoms. The van der Waals surface area contributed by atoms with E-state index < -0.39 is 0 Å². The topological polar surface area (TPSA) is 66.9 Å². The lowest BCUT2D eigenvalue weighted by molar-refractivity contribution is 0.0948. The molecule has 106 valence electrons. The third-order valence-electron chi connectivity index (χ3n) is 2.50. The van der Waals surface area contributed by atoms with Crippen LogP contribution in [0.4, 0.5) is 5.82 Å². The van der Waals surface area contributed by atoms with Crippen molar-refractivity contribution in [3.05, 3.63) is 18.1 Å². The Balaban J connectivity index is 2.32. The van der Waals surface area contributed by atoms with E-state index in [1.54, 1.807) is 6.20 Å². The first kappa shape index (κ1) is 15.8. The van der Waals surface area contributed by atoms with Gasteiger partial charge in [0.05, 0.1) is 12.4 Å². The molecule has 5 nitrogen and oxygen atoms in total. The van der Waals surface area contributed by atoms with Crippen LogP contribution in [0.15, 0.2) is 12.4 Å². The minimum atomic E-state index is -0.154. The van der Waals surface area contributed by atoms with Crippen LogP contribution in [0.3, 0.4) is 0 Å². The molecule has 0 unspecified atom stereocenters. The Morgan fingerprint density at radius 1 is 1.26 bits per heavy atom. The summed E-state index contributed by atoms with van der Waals surface area (Å²) in [6.45, 7) is 3.63. The van der Waals surface area contributed by atoms with Gasteiger partial charge in [0, 0.05) is 13.1 Å². The van der Waals surface area contributed by atoms with Gasteiger partial charge in [0.15, 0.2) is 0 Å². The number of nitrogens with zero attached hydrogens (tertiary/aromatic N) is 2. The van der Waals surface area contributed by atoms with Gasteiger partial charge in [-0.1, -0.05) is 6.92 Å². The Labute approximate surface area is 119 Å². The van der Waals surface area contributed by atoms with Crippen molar-refractivity contribution in [2.45, 2.75) is 26.2 Å². The van der Waals surface area contributed by atoms with E-state index in [1.165, 1.54) is 6.20 Å². The molecule has 1 aromatic rings. The van der Waals surface area contributed by atoms with Crippen LogP contribution in [0.2, 0.25) is 0 Å². The third-order valence-corrected chi connectivity index (χ3v) is 3.20. The minimum Gasteiger partial charge on any atom is -0.369 e. The molecule has 1 amide bonds. The Bertz CT molecular complexity index is 369. The van der Waals surface area contributed by atoms with Crippen LogP contribution in [-0.2, 0) is 0 Å². The summed E-state index contributed by atoms with van der Waals surface area (Å²) in [4.78, 5) is 20.0. The van der Waals surface area contributed by atoms with Gasteiger partial charge in [0.1, 0.15) is 11.5 Å². The number of hydrogen-bond donors (Lipinski definition) is 2. The van der Waals surface area contributed by atoms with Crippen LogP contribution in [-0.4, -0.2) is 41.0 Å². The number of amides is 1. The Morgan fingerprint density at radius 3 is 2.74 bits per heavy atom. The van der Waals surface area contributed by atoms with Crippen LogP contribution in [0.1, 0.15) is 36.7 Å². The highest BCUT2D eigenvalue weighted by atomic mass is 32.2. The molecule has 6 heteroatoms. The SMILES string of the molecule is CCCNc1cnc(C(=O)NCCCCSC)cn1. The molecular formula is C13H22N4OS. The molecule has 1 aromatic heterocycles. The Hall–Kier alpha value is -1.30. The van der Waals surface area contributed by atoms with Crippen LogP contribution >= 0.6 is 11.8 Å². The summed E-state index contributed by atoms with van der Waals surface area (Å²) in [5, 5.41) is 5.97. The number of aromatic nitrogens is 2. The van der Waals surface area contributed by atoms with Gasteiger partial charge in [-0.3, -0.25) is 4.79 Å². The van der Waals surface area contributed by atoms with Crippen molar-refractivity contribution in [2.24, 2.45) is 0 Å². The van der Waals surface area contributed by atoms with E-state index in [0.717, 1.165) is 31.6 Å². The molecular weight excluding hydrogens is 260 g/mol. The normalized spacial score (nSPS) is 10.2. The summed E-state index contributed by atoms with van der Waals surface area (Å²) >= 11 is 1.82. The molecule has 2 N–H and O–H groups in total. The zero-order chi connectivity index (χ0) is 13.9. The maximum atomic E-state index is 11.8. The molecule has 0 bridgehead atoms. The lowest BCUT2D eigenvalue weighted by Gasteiger charge is -2.06. The van der Waals surface area contributed by atoms with Crippen molar-refractivity contribution in [1.29, 1.82) is 0 Å². The molecule has 0 atom stereocenters. The number of carbonyl (C=O) groups is 1. The van der Waals surface area contributed by atoms with Gasteiger partial charge in [-0.2, -0.15) is 11.8 Å². The second-order valence-electron chi connectivity index (χ2n) is 4.17. The molecule has 0 saturated heterocycles. The highest BCUT2D eigenvalue weighted by Gasteiger charge is 2.06. The molecule has 1 rings (SSSR count). The average molecular weight is 282 g/mol. The number of unbranched alkanes of at least 4 members (excludes halogenated alkanes) is 1. The number of nitrogens with one attached hydrogen (secondary N) is 2. The summed E-state index contributed by atoms with van der Waals surface area (Å²) in [6.07, 6.45) is 8.33. The van der Waals surface area contributed by atoms with E-state index in [-0.39, 0.29) is 5.91 Å². The predicted octanol–water partition coefficient (Wildman–Crippen LogP) is 2.17. The largest absolute Gasteiger partial charge is 0.369 e. The maximum absolute atomic E-state index is 11.8. The summed E-state index contributed by atoms with van der Waals surface area (Å²) < 4.78 is 0. The van der Waals surface area contributed by atoms with Gasteiger partial charge in [-0.25, -0.2) is 9.97 Å². The number of thioether (sulfide) groups is 1. The van der Waals surface area contributed by atoms with Gasteiger partial charge in [-0.05, 0) is 31.3 Å². The second kappa shape index (κ2) is 9.61. The highest BCUT2D eigenvalue weighted by Crippen LogP contribution is 2.02. The van der Waals surface area contributed by atoms with Gasteiger partial charge in [0.25, 0.3) is 5.91 Å². The first-order chi connectivity index (χ1) is 9.27. The van der Waals surface area contributed by atoms with Crippen molar-refractivity contribution in [3.8, 4) is 0 Å². The Morgan fingerprint density at radius 2 is 2.11 bits per heavy atom. The fourth-order valence-electron chi connectivity index (χ4n) is 1.45. The summed E-state index contributed by atoms with van der Waals surface area (Å²) in [5.41, 5.74) is 0.368. The predicted molar refractivity (Wildman–Crippen MR) is 80.8 cm³/mol. The van der Waals surface area contributed by atoms with E-state index in [4.69, 9.17) is 0 Å². The molecule has 0 aromatic carbocycles. The number of hydrogen-bond acceptors (Lipinski definition) is 5. The Kier molecular flexibility index (Phi) is 7.97. The zero-order valence-corrected chi connectivity index (χ0v) is 12.4. The van der Waals surface area contributed by atoms with Gasteiger partial charge in [-0.15, -0.1) is 0 Å². The standard InChI is InChI=1S/C13H22N4OS/c1-3-6-14-12-10-16-11(9-17-12)13(18)15-7-4-5-8-19-2/h9-10H,3-8H2,1-2H3,(H,14,17)(H,15,18). The zero-order valence-electron chi connectivity index (χ0n) is 11.6. The molecule has 0 radical (unpaired) electrons. The van der Waals surface area contributed by atoms with E-state index >= 15 is 0 Å². The lowest BCUT2D eigenvalue weighted by Crippen LogP contribution is -2.25. The van der Waals surface area contributed by atoms with Gasteiger partial charge < -0.3 is 10.6 Å². The first-order valence-corrected chi connectivity index (χ1v) is 8.00. The van der Waals surface area contributed by atoms with Gasteiger partial charge >= 0.3 is 0 Å².